The van der Waals surface area contributed by atoms with Crippen LogP contribution in [0.4, 0.5) is 5.69 Å². The van der Waals surface area contributed by atoms with Crippen LogP contribution >= 0.6 is 22.6 Å². The maximum Gasteiger partial charge on any atom is 0.117 e. The van der Waals surface area contributed by atoms with Gasteiger partial charge in [-0.15, -0.1) is 0 Å². The van der Waals surface area contributed by atoms with Gasteiger partial charge in [0.1, 0.15) is 5.75 Å². The molecule has 0 spiro atoms. The maximum absolute atomic E-state index is 10.7. The molecule has 2 atom stereocenters. The molecule has 1 aliphatic carbocycles. The van der Waals surface area contributed by atoms with E-state index in [1.807, 2.05) is 12.1 Å². The Morgan fingerprint density at radius 3 is 2.58 bits per heavy atom. The number of hydrogen-bond acceptors (Lipinski definition) is 4. The quantitative estimate of drug-likeness (QED) is 0.672. The van der Waals surface area contributed by atoms with E-state index in [0.29, 0.717) is 5.75 Å². The zero-order valence-corrected chi connectivity index (χ0v) is 17.2. The summed E-state index contributed by atoms with van der Waals surface area (Å²) >= 11 is 2.42. The minimum absolute atomic E-state index is 0.200. The molecule has 2 aromatic carbocycles. The van der Waals surface area contributed by atoms with Crippen LogP contribution in [-0.2, 0) is 12.8 Å². The van der Waals surface area contributed by atoms with Crippen molar-refractivity contribution in [3.05, 3.63) is 56.7 Å². The number of anilines is 1. The van der Waals surface area contributed by atoms with Crippen LogP contribution in [-0.4, -0.2) is 53.4 Å². The van der Waals surface area contributed by atoms with Crippen LogP contribution < -0.4 is 4.90 Å². The van der Waals surface area contributed by atoms with Gasteiger partial charge in [0.25, 0.3) is 0 Å². The zero-order valence-electron chi connectivity index (χ0n) is 15.0. The highest BCUT2D eigenvalue weighted by Crippen LogP contribution is 2.30. The normalized spacial score (nSPS) is 23.7. The number of halogens is 1. The highest BCUT2D eigenvalue weighted by molar-refractivity contribution is 14.1. The number of hydrogen-bond donors (Lipinski definition) is 2. The van der Waals surface area contributed by atoms with Gasteiger partial charge in [-0.2, -0.15) is 0 Å². The average molecular weight is 464 g/mol. The van der Waals surface area contributed by atoms with Gasteiger partial charge in [0.15, 0.2) is 0 Å². The molecule has 2 N–H and O–H groups in total. The van der Waals surface area contributed by atoms with E-state index < -0.39 is 0 Å². The number of nitrogens with zero attached hydrogens (tertiary/aromatic N) is 2. The van der Waals surface area contributed by atoms with Crippen molar-refractivity contribution >= 4 is 28.3 Å². The van der Waals surface area contributed by atoms with Crippen LogP contribution in [0.15, 0.2) is 36.4 Å². The lowest BCUT2D eigenvalue weighted by atomic mass is 9.85. The molecule has 5 heteroatoms. The van der Waals surface area contributed by atoms with Crippen LogP contribution in [0.5, 0.6) is 5.75 Å². The summed E-state index contributed by atoms with van der Waals surface area (Å²) < 4.78 is 1.31. The van der Waals surface area contributed by atoms with E-state index >= 15 is 0 Å². The summed E-state index contributed by atoms with van der Waals surface area (Å²) in [5, 5.41) is 20.5. The molecule has 138 valence electrons. The van der Waals surface area contributed by atoms with Crippen molar-refractivity contribution in [2.75, 3.05) is 31.1 Å². The number of rotatable bonds is 2. The molecule has 0 amide bonds. The maximum atomic E-state index is 10.7. The third-order valence-corrected chi connectivity index (χ3v) is 6.83. The highest BCUT2D eigenvalue weighted by Gasteiger charge is 2.34. The summed E-state index contributed by atoms with van der Waals surface area (Å²) in [5.74, 6) is 0.321. The molecule has 0 radical (unpaired) electrons. The zero-order chi connectivity index (χ0) is 18.3. The SMILES string of the molecule is Cc1ccc(O)cc1N1CCN([C@H]2Cc3c(I)cccc3C[C@@H]2O)CC1. The topological polar surface area (TPSA) is 46.9 Å². The Morgan fingerprint density at radius 1 is 1.04 bits per heavy atom. The molecule has 1 heterocycles. The van der Waals surface area contributed by atoms with Gasteiger partial charge >= 0.3 is 0 Å². The van der Waals surface area contributed by atoms with Crippen molar-refractivity contribution in [2.24, 2.45) is 0 Å². The summed E-state index contributed by atoms with van der Waals surface area (Å²) in [6.07, 6.45) is 1.39. The van der Waals surface area contributed by atoms with E-state index in [2.05, 4.69) is 57.5 Å². The summed E-state index contributed by atoms with van der Waals surface area (Å²) in [5.41, 5.74) is 5.02. The molecule has 1 saturated heterocycles. The molecule has 2 aliphatic rings. The van der Waals surface area contributed by atoms with Crippen LogP contribution in [0, 0.1) is 10.5 Å². The fourth-order valence-electron chi connectivity index (χ4n) is 4.34. The van der Waals surface area contributed by atoms with Gasteiger partial charge < -0.3 is 15.1 Å². The van der Waals surface area contributed by atoms with Crippen LogP contribution in [0.3, 0.4) is 0 Å². The summed E-state index contributed by atoms with van der Waals surface area (Å²) in [6.45, 7) is 5.81. The predicted molar refractivity (Wildman–Crippen MR) is 113 cm³/mol. The first-order valence-electron chi connectivity index (χ1n) is 9.26. The van der Waals surface area contributed by atoms with Crippen molar-refractivity contribution in [2.45, 2.75) is 31.9 Å². The van der Waals surface area contributed by atoms with Crippen LogP contribution in [0.2, 0.25) is 0 Å². The number of aromatic hydroxyl groups is 1. The van der Waals surface area contributed by atoms with Gasteiger partial charge in [-0.05, 0) is 64.8 Å². The lowest BCUT2D eigenvalue weighted by Gasteiger charge is -2.44. The van der Waals surface area contributed by atoms with Crippen molar-refractivity contribution in [3.63, 3.8) is 0 Å². The summed E-state index contributed by atoms with van der Waals surface area (Å²) in [7, 11) is 0. The van der Waals surface area contributed by atoms with Gasteiger partial charge in [0.05, 0.1) is 6.10 Å². The molecular weight excluding hydrogens is 439 g/mol. The molecule has 4 nitrogen and oxygen atoms in total. The van der Waals surface area contributed by atoms with Crippen LogP contribution in [0.1, 0.15) is 16.7 Å². The summed E-state index contributed by atoms with van der Waals surface area (Å²) in [6, 6.07) is 12.2. The van der Waals surface area contributed by atoms with E-state index in [0.717, 1.165) is 44.7 Å². The first kappa shape index (κ1) is 18.1. The van der Waals surface area contributed by atoms with Crippen molar-refractivity contribution in [3.8, 4) is 5.75 Å². The number of benzene rings is 2. The Hall–Kier alpha value is -1.31. The largest absolute Gasteiger partial charge is 0.508 e. The highest BCUT2D eigenvalue weighted by atomic mass is 127. The van der Waals surface area contributed by atoms with Crippen molar-refractivity contribution in [1.29, 1.82) is 0 Å². The molecular formula is C21H25IN2O2. The molecule has 1 fully saturated rings. The third kappa shape index (κ3) is 3.44. The first-order chi connectivity index (χ1) is 12.5. The number of piperazine rings is 1. The standard InChI is InChI=1S/C21H25IN2O2/c1-14-5-6-16(25)12-19(14)23-7-9-24(10-8-23)20-13-17-15(11-21(20)26)3-2-4-18(17)22/h2-6,12,20-21,25-26H,7-11,13H2,1H3/t20-,21-/m0/s1. The number of aliphatic hydroxyl groups excluding tert-OH is 1. The second-order valence-electron chi connectivity index (χ2n) is 7.41. The van der Waals surface area contributed by atoms with E-state index in [1.54, 1.807) is 6.07 Å². The minimum Gasteiger partial charge on any atom is -0.508 e. The molecule has 0 bridgehead atoms. The average Bonchev–Trinajstić information content (AvgIpc) is 2.64. The van der Waals surface area contributed by atoms with E-state index in [-0.39, 0.29) is 12.1 Å². The first-order valence-corrected chi connectivity index (χ1v) is 10.3. The number of phenols is 1. The lowest BCUT2D eigenvalue weighted by Crippen LogP contribution is -2.56. The van der Waals surface area contributed by atoms with Gasteiger partial charge in [-0.3, -0.25) is 4.90 Å². The second kappa shape index (κ2) is 7.37. The Balaban J connectivity index is 1.46. The van der Waals surface area contributed by atoms with Gasteiger partial charge in [0.2, 0.25) is 0 Å². The Morgan fingerprint density at radius 2 is 1.81 bits per heavy atom. The van der Waals surface area contributed by atoms with E-state index in [1.165, 1.54) is 20.3 Å². The third-order valence-electron chi connectivity index (χ3n) is 5.82. The smallest absolute Gasteiger partial charge is 0.117 e. The summed E-state index contributed by atoms with van der Waals surface area (Å²) in [4.78, 5) is 4.80. The van der Waals surface area contributed by atoms with Crippen LogP contribution in [0.25, 0.3) is 0 Å². The van der Waals surface area contributed by atoms with E-state index in [4.69, 9.17) is 0 Å². The fourth-order valence-corrected chi connectivity index (χ4v) is 5.11. The number of aliphatic hydroxyl groups is 1. The van der Waals surface area contributed by atoms with Gasteiger partial charge in [0, 0.05) is 54.0 Å². The van der Waals surface area contributed by atoms with E-state index in [9.17, 15) is 10.2 Å². The second-order valence-corrected chi connectivity index (χ2v) is 8.58. The predicted octanol–water partition coefficient (Wildman–Crippen LogP) is 2.96. The molecule has 2 aromatic rings. The molecule has 0 unspecified atom stereocenters. The monoisotopic (exact) mass is 464 g/mol. The Bertz CT molecular complexity index is 803. The molecule has 26 heavy (non-hydrogen) atoms. The molecule has 4 rings (SSSR count). The van der Waals surface area contributed by atoms with Gasteiger partial charge in [-0.25, -0.2) is 0 Å². The Labute approximate surface area is 168 Å². The Kier molecular flexibility index (Phi) is 5.12. The lowest BCUT2D eigenvalue weighted by molar-refractivity contribution is 0.0393. The van der Waals surface area contributed by atoms with Crippen molar-refractivity contribution in [1.82, 2.24) is 4.90 Å². The molecule has 0 saturated carbocycles. The fraction of sp³-hybridized carbons (Fsp3) is 0.429. The van der Waals surface area contributed by atoms with Gasteiger partial charge in [-0.1, -0.05) is 18.2 Å². The number of aryl methyl sites for hydroxylation is 1. The minimum atomic E-state index is -0.297. The number of phenolic OH excluding ortho intramolecular Hbond substituents is 1. The molecule has 0 aromatic heterocycles. The molecule has 1 aliphatic heterocycles. The number of fused-ring (bicyclic) bond motifs is 1. The van der Waals surface area contributed by atoms with Crippen molar-refractivity contribution < 1.29 is 10.2 Å².